The van der Waals surface area contributed by atoms with Gasteiger partial charge in [0.1, 0.15) is 17.9 Å². The van der Waals surface area contributed by atoms with Crippen LogP contribution in [0.25, 0.3) is 0 Å². The molecule has 0 radical (unpaired) electrons. The molecule has 3 atom stereocenters. The number of hydrogen-bond acceptors (Lipinski definition) is 5. The van der Waals surface area contributed by atoms with Gasteiger partial charge in [0, 0.05) is 0 Å². The summed E-state index contributed by atoms with van der Waals surface area (Å²) in [4.78, 5) is 51.4. The number of carbonyl (C=O) groups is 4. The number of esters is 1. The number of halogens is 1. The largest absolute Gasteiger partial charge is 0.469 e. The number of urea groups is 1. The first-order valence-corrected chi connectivity index (χ1v) is 10.7. The average Bonchev–Trinajstić information content (AvgIpc) is 2.89. The molecule has 0 aromatic heterocycles. The Morgan fingerprint density at radius 1 is 1.25 bits per heavy atom. The number of nitrogens with zero attached hydrogens (tertiary/aromatic N) is 1. The highest BCUT2D eigenvalue weighted by Gasteiger charge is 2.56. The third-order valence-corrected chi connectivity index (χ3v) is 6.13. The lowest BCUT2D eigenvalue weighted by molar-refractivity contribution is -0.142. The monoisotopic (exact) mass is 447 g/mol. The second-order valence-electron chi connectivity index (χ2n) is 9.71. The van der Waals surface area contributed by atoms with E-state index in [2.05, 4.69) is 36.1 Å². The minimum Gasteiger partial charge on any atom is -0.469 e. The van der Waals surface area contributed by atoms with E-state index in [1.165, 1.54) is 31.4 Å². The lowest BCUT2D eigenvalue weighted by atomic mass is 9.64. The van der Waals surface area contributed by atoms with E-state index < -0.39 is 47.8 Å². The molecule has 0 bridgehead atoms. The number of carbonyl (C=O) groups excluding carboxylic acids is 4. The number of amides is 4. The van der Waals surface area contributed by atoms with Gasteiger partial charge in [-0.2, -0.15) is 0 Å². The first-order chi connectivity index (χ1) is 14.9. The third-order valence-electron chi connectivity index (χ3n) is 6.13. The molecule has 1 aromatic carbocycles. The van der Waals surface area contributed by atoms with E-state index in [4.69, 9.17) is 0 Å². The van der Waals surface area contributed by atoms with Crippen molar-refractivity contribution in [3.63, 3.8) is 0 Å². The summed E-state index contributed by atoms with van der Waals surface area (Å²) >= 11 is 0. The van der Waals surface area contributed by atoms with Crippen LogP contribution < -0.4 is 10.6 Å². The molecule has 1 aliphatic carbocycles. The van der Waals surface area contributed by atoms with Crippen molar-refractivity contribution in [3.8, 4) is 0 Å². The molecule has 32 heavy (non-hydrogen) atoms. The summed E-state index contributed by atoms with van der Waals surface area (Å²) in [6.07, 6.45) is 1.81. The molecule has 2 aliphatic rings. The fraction of sp³-hybridized carbons (Fsp3) is 0.565. The number of benzene rings is 1. The van der Waals surface area contributed by atoms with Crippen LogP contribution in [0, 0.1) is 17.2 Å². The second kappa shape index (κ2) is 8.88. The molecule has 1 saturated carbocycles. The average molecular weight is 448 g/mol. The fourth-order valence-corrected chi connectivity index (χ4v) is 5.23. The van der Waals surface area contributed by atoms with Gasteiger partial charge in [-0.3, -0.25) is 19.3 Å². The van der Waals surface area contributed by atoms with E-state index in [0.29, 0.717) is 18.4 Å². The van der Waals surface area contributed by atoms with Gasteiger partial charge in [0.05, 0.1) is 19.6 Å². The molecule has 1 aromatic rings. The highest BCUT2D eigenvalue weighted by Crippen LogP contribution is 2.46. The Bertz CT molecular complexity index is 917. The normalized spacial score (nSPS) is 25.4. The molecular formula is C23H30FN3O5. The van der Waals surface area contributed by atoms with Gasteiger partial charge in [-0.05, 0) is 48.3 Å². The fourth-order valence-electron chi connectivity index (χ4n) is 5.23. The van der Waals surface area contributed by atoms with E-state index >= 15 is 0 Å². The van der Waals surface area contributed by atoms with Crippen molar-refractivity contribution in [3.05, 3.63) is 35.6 Å². The van der Waals surface area contributed by atoms with Crippen molar-refractivity contribution in [2.45, 2.75) is 58.0 Å². The Balaban J connectivity index is 1.73. The Hall–Kier alpha value is -2.97. The first kappa shape index (κ1) is 23.7. The molecular weight excluding hydrogens is 417 g/mol. The predicted octanol–water partition coefficient (Wildman–Crippen LogP) is 2.68. The van der Waals surface area contributed by atoms with E-state index in [1.54, 1.807) is 0 Å². The summed E-state index contributed by atoms with van der Waals surface area (Å²) in [5, 5.41) is 5.50. The smallest absolute Gasteiger partial charge is 0.325 e. The third kappa shape index (κ3) is 5.08. The topological polar surface area (TPSA) is 105 Å². The summed E-state index contributed by atoms with van der Waals surface area (Å²) in [6.45, 7) is 5.72. The number of imide groups is 1. The quantitative estimate of drug-likeness (QED) is 0.515. The maximum Gasteiger partial charge on any atom is 0.325 e. The van der Waals surface area contributed by atoms with Crippen LogP contribution in [0.2, 0.25) is 0 Å². The van der Waals surface area contributed by atoms with Crippen molar-refractivity contribution in [2.24, 2.45) is 11.3 Å². The van der Waals surface area contributed by atoms with Gasteiger partial charge < -0.3 is 15.4 Å². The second-order valence-corrected chi connectivity index (χ2v) is 9.71. The minimum atomic E-state index is -0.999. The summed E-state index contributed by atoms with van der Waals surface area (Å²) in [6, 6.07) is 3.97. The van der Waals surface area contributed by atoms with Gasteiger partial charge >= 0.3 is 12.0 Å². The Morgan fingerprint density at radius 2 is 1.91 bits per heavy atom. The lowest BCUT2D eigenvalue weighted by Gasteiger charge is -2.43. The molecule has 2 N–H and O–H groups in total. The van der Waals surface area contributed by atoms with E-state index in [1.807, 2.05) is 0 Å². The summed E-state index contributed by atoms with van der Waals surface area (Å²) in [5.41, 5.74) is -0.616. The molecule has 9 heteroatoms. The number of nitrogens with one attached hydrogen (secondary N) is 2. The zero-order valence-electron chi connectivity index (χ0n) is 18.9. The Labute approximate surface area is 186 Å². The van der Waals surface area contributed by atoms with Crippen molar-refractivity contribution in [2.75, 3.05) is 13.7 Å². The number of ether oxygens (including phenoxy) is 1. The van der Waals surface area contributed by atoms with Gasteiger partial charge in [-0.15, -0.1) is 0 Å². The lowest BCUT2D eigenvalue weighted by Crippen LogP contribution is -2.54. The minimum absolute atomic E-state index is 0.118. The molecule has 3 rings (SSSR count). The Kier molecular flexibility index (Phi) is 6.57. The standard InChI is InChI=1S/C23H30FN3O5/c1-14-10-22(2,3)13-23(11-14)20(30)27(21(31)26-23)12-18(28)25-17(9-19(29)32-4)15-5-7-16(24)8-6-15/h5-8,14,17H,9-13H2,1-4H3,(H,25,28)(H,26,31). The van der Waals surface area contributed by atoms with Crippen LogP contribution in [-0.4, -0.2) is 47.9 Å². The van der Waals surface area contributed by atoms with Crippen molar-refractivity contribution in [1.29, 1.82) is 0 Å². The van der Waals surface area contributed by atoms with Crippen LogP contribution in [0.4, 0.5) is 9.18 Å². The van der Waals surface area contributed by atoms with Crippen LogP contribution in [0.1, 0.15) is 58.1 Å². The van der Waals surface area contributed by atoms with Crippen LogP contribution in [-0.2, 0) is 19.1 Å². The Morgan fingerprint density at radius 3 is 2.50 bits per heavy atom. The van der Waals surface area contributed by atoms with Crippen LogP contribution in [0.3, 0.4) is 0 Å². The molecule has 2 fully saturated rings. The highest BCUT2D eigenvalue weighted by atomic mass is 19.1. The van der Waals surface area contributed by atoms with Gasteiger partial charge in [-0.25, -0.2) is 9.18 Å². The van der Waals surface area contributed by atoms with Crippen LogP contribution >= 0.6 is 0 Å². The molecule has 1 aliphatic heterocycles. The zero-order valence-corrected chi connectivity index (χ0v) is 18.9. The van der Waals surface area contributed by atoms with E-state index in [-0.39, 0.29) is 17.8 Å². The van der Waals surface area contributed by atoms with Gasteiger partial charge in [0.15, 0.2) is 0 Å². The van der Waals surface area contributed by atoms with E-state index in [9.17, 15) is 23.6 Å². The summed E-state index contributed by atoms with van der Waals surface area (Å²) < 4.78 is 18.0. The molecule has 1 heterocycles. The molecule has 8 nitrogen and oxygen atoms in total. The van der Waals surface area contributed by atoms with Crippen molar-refractivity contribution in [1.82, 2.24) is 15.5 Å². The number of rotatable bonds is 6. The van der Waals surface area contributed by atoms with E-state index in [0.717, 1.165) is 11.3 Å². The van der Waals surface area contributed by atoms with Crippen LogP contribution in [0.5, 0.6) is 0 Å². The summed E-state index contributed by atoms with van der Waals surface area (Å²) in [7, 11) is 1.23. The predicted molar refractivity (Wildman–Crippen MR) is 114 cm³/mol. The summed E-state index contributed by atoms with van der Waals surface area (Å²) in [5.74, 6) is -1.77. The highest BCUT2D eigenvalue weighted by molar-refractivity contribution is 6.09. The van der Waals surface area contributed by atoms with Gasteiger partial charge in [0.2, 0.25) is 5.91 Å². The molecule has 1 spiro atoms. The molecule has 3 unspecified atom stereocenters. The maximum absolute atomic E-state index is 13.3. The van der Waals surface area contributed by atoms with Crippen molar-refractivity contribution < 1.29 is 28.3 Å². The van der Waals surface area contributed by atoms with Crippen molar-refractivity contribution >= 4 is 23.8 Å². The SMILES string of the molecule is COC(=O)CC(NC(=O)CN1C(=O)NC2(CC(C)CC(C)(C)C2)C1=O)c1ccc(F)cc1. The molecule has 4 amide bonds. The maximum atomic E-state index is 13.3. The number of hydrogen-bond donors (Lipinski definition) is 2. The van der Waals surface area contributed by atoms with Gasteiger partial charge in [0.25, 0.3) is 5.91 Å². The first-order valence-electron chi connectivity index (χ1n) is 10.7. The zero-order chi connectivity index (χ0) is 23.7. The molecule has 174 valence electrons. The number of methoxy groups -OCH3 is 1. The molecule has 1 saturated heterocycles. The van der Waals surface area contributed by atoms with Gasteiger partial charge in [-0.1, -0.05) is 32.9 Å². The van der Waals surface area contributed by atoms with Crippen LogP contribution in [0.15, 0.2) is 24.3 Å².